The summed E-state index contributed by atoms with van der Waals surface area (Å²) >= 11 is 0. The summed E-state index contributed by atoms with van der Waals surface area (Å²) in [6.45, 7) is 4.18. The van der Waals surface area contributed by atoms with Crippen molar-refractivity contribution in [2.45, 2.75) is 44.4 Å². The summed E-state index contributed by atoms with van der Waals surface area (Å²) in [5.74, 6) is 0.151. The average molecular weight is 492 g/mol. The minimum absolute atomic E-state index is 0.0495. The molecule has 2 amide bonds. The lowest BCUT2D eigenvalue weighted by molar-refractivity contribution is -0.142. The fourth-order valence-corrected chi connectivity index (χ4v) is 4.13. The van der Waals surface area contributed by atoms with Crippen molar-refractivity contribution >= 4 is 12.0 Å². The van der Waals surface area contributed by atoms with Crippen LogP contribution in [0.2, 0.25) is 0 Å². The summed E-state index contributed by atoms with van der Waals surface area (Å²) in [5, 5.41) is 20.1. The number of cyclic esters (lactones) is 1. The lowest BCUT2D eigenvalue weighted by Crippen LogP contribution is -2.49. The van der Waals surface area contributed by atoms with Crippen LogP contribution >= 0.6 is 0 Å². The highest BCUT2D eigenvalue weighted by Crippen LogP contribution is 2.29. The van der Waals surface area contributed by atoms with Crippen molar-refractivity contribution in [1.82, 2.24) is 4.90 Å². The van der Waals surface area contributed by atoms with Crippen LogP contribution in [-0.4, -0.2) is 46.0 Å². The van der Waals surface area contributed by atoms with Crippen molar-refractivity contribution in [2.75, 3.05) is 6.61 Å². The third-order valence-electron chi connectivity index (χ3n) is 6.18. The molecule has 3 atom stereocenters. The molecule has 0 spiro atoms. The molecule has 1 aliphatic rings. The lowest BCUT2D eigenvalue weighted by Gasteiger charge is -2.28. The molecule has 8 nitrogen and oxygen atoms in total. The molecular weight excluding hydrogens is 462 g/mol. The maximum absolute atomic E-state index is 13.7. The highest BCUT2D eigenvalue weighted by molar-refractivity contribution is 5.96. The number of hydrogen-bond acceptors (Lipinski definition) is 7. The summed E-state index contributed by atoms with van der Waals surface area (Å²) in [7, 11) is 0. The Bertz CT molecular complexity index is 1160. The van der Waals surface area contributed by atoms with E-state index in [2.05, 4.69) is 18.7 Å². The van der Waals surface area contributed by atoms with E-state index in [1.165, 1.54) is 24.3 Å². The number of hydrogen-bond donors (Lipinski definition) is 2. The molecule has 0 aliphatic carbocycles. The van der Waals surface area contributed by atoms with Crippen LogP contribution in [0.5, 0.6) is 11.5 Å². The van der Waals surface area contributed by atoms with Crippen LogP contribution < -0.4 is 9.62 Å². The minimum atomic E-state index is -1.43. The Hall–Kier alpha value is -3.88. The third kappa shape index (κ3) is 5.67. The van der Waals surface area contributed by atoms with Gasteiger partial charge in [-0.05, 0) is 53.3 Å². The van der Waals surface area contributed by atoms with Crippen molar-refractivity contribution in [2.24, 2.45) is 0 Å². The zero-order valence-electron chi connectivity index (χ0n) is 20.1. The predicted molar refractivity (Wildman–Crippen MR) is 132 cm³/mol. The normalized spacial score (nSPS) is 17.0. The van der Waals surface area contributed by atoms with Crippen LogP contribution in [0, 0.1) is 0 Å². The van der Waals surface area contributed by atoms with Gasteiger partial charge < -0.3 is 19.5 Å². The molecule has 0 unspecified atom stereocenters. The van der Waals surface area contributed by atoms with Crippen LogP contribution in [0.25, 0.3) is 0 Å². The number of amides is 2. The lowest BCUT2D eigenvalue weighted by atomic mass is 10.0. The standard InChI is InChI=1S/C28H29NO7/c1-18(2)20-8-12-23(13-9-20)35-26(25(30)21-10-14-24(36-33)15-11-21)27(31)29-22(17-34-28(29)32)16-19-6-4-3-5-7-19/h3-15,18,22,25-26,30,33H,16-17H2,1-2H3/t22-,25+,26-/m1/s1. The van der Waals surface area contributed by atoms with E-state index in [0.29, 0.717) is 23.7 Å². The second kappa shape index (κ2) is 11.2. The molecular formula is C28H29NO7. The van der Waals surface area contributed by atoms with Crippen molar-refractivity contribution in [1.29, 1.82) is 0 Å². The maximum atomic E-state index is 13.7. The molecule has 8 heteroatoms. The molecule has 4 rings (SSSR count). The molecule has 1 heterocycles. The van der Waals surface area contributed by atoms with Crippen LogP contribution in [0.15, 0.2) is 78.9 Å². The van der Waals surface area contributed by atoms with Crippen LogP contribution in [-0.2, 0) is 16.0 Å². The maximum Gasteiger partial charge on any atom is 0.417 e. The Balaban J connectivity index is 1.63. The Morgan fingerprint density at radius 2 is 1.58 bits per heavy atom. The summed E-state index contributed by atoms with van der Waals surface area (Å²) in [6.07, 6.45) is -3.21. The van der Waals surface area contributed by atoms with E-state index in [9.17, 15) is 14.7 Å². The van der Waals surface area contributed by atoms with Crippen molar-refractivity contribution in [3.8, 4) is 11.5 Å². The molecule has 1 fully saturated rings. The number of imide groups is 1. The molecule has 0 radical (unpaired) electrons. The van der Waals surface area contributed by atoms with Gasteiger partial charge in [0.1, 0.15) is 18.5 Å². The van der Waals surface area contributed by atoms with E-state index >= 15 is 0 Å². The van der Waals surface area contributed by atoms with Crippen molar-refractivity contribution in [3.05, 3.63) is 95.6 Å². The van der Waals surface area contributed by atoms with Gasteiger partial charge in [0.15, 0.2) is 5.75 Å². The molecule has 3 aromatic carbocycles. The Morgan fingerprint density at radius 1 is 0.972 bits per heavy atom. The Kier molecular flexibility index (Phi) is 7.87. The van der Waals surface area contributed by atoms with Crippen molar-refractivity contribution < 1.29 is 34.3 Å². The van der Waals surface area contributed by atoms with E-state index < -0.39 is 30.3 Å². The molecule has 3 aromatic rings. The van der Waals surface area contributed by atoms with Gasteiger partial charge in [-0.25, -0.2) is 15.0 Å². The Labute approximate surface area is 209 Å². The number of benzene rings is 3. The molecule has 188 valence electrons. The van der Waals surface area contributed by atoms with Gasteiger partial charge in [0.25, 0.3) is 5.91 Å². The number of rotatable bonds is 9. The second-order valence-electron chi connectivity index (χ2n) is 9.00. The number of aliphatic hydroxyl groups is 1. The molecule has 1 saturated heterocycles. The monoisotopic (exact) mass is 491 g/mol. The SMILES string of the molecule is CC(C)c1ccc(O[C@@H](C(=O)N2C(=O)OC[C@H]2Cc2ccccc2)[C@@H](O)c2ccc(OO)cc2)cc1. The van der Waals surface area contributed by atoms with E-state index in [-0.39, 0.29) is 12.4 Å². The number of ether oxygens (including phenoxy) is 2. The average Bonchev–Trinajstić information content (AvgIpc) is 3.26. The largest absolute Gasteiger partial charge is 0.477 e. The van der Waals surface area contributed by atoms with Gasteiger partial charge >= 0.3 is 6.09 Å². The van der Waals surface area contributed by atoms with Crippen LogP contribution in [0.1, 0.15) is 42.6 Å². The topological polar surface area (TPSA) is 106 Å². The van der Waals surface area contributed by atoms with Gasteiger partial charge in [-0.15, -0.1) is 0 Å². The summed E-state index contributed by atoms with van der Waals surface area (Å²) in [5.41, 5.74) is 2.39. The second-order valence-corrected chi connectivity index (χ2v) is 9.00. The fourth-order valence-electron chi connectivity index (χ4n) is 4.13. The highest BCUT2D eigenvalue weighted by Gasteiger charge is 2.44. The first-order valence-corrected chi connectivity index (χ1v) is 11.8. The summed E-state index contributed by atoms with van der Waals surface area (Å²) in [6, 6.07) is 22.1. The minimum Gasteiger partial charge on any atom is -0.477 e. The van der Waals surface area contributed by atoms with E-state index in [0.717, 1.165) is 16.0 Å². The van der Waals surface area contributed by atoms with Gasteiger partial charge in [0, 0.05) is 0 Å². The van der Waals surface area contributed by atoms with E-state index in [4.69, 9.17) is 14.7 Å². The molecule has 0 saturated carbocycles. The van der Waals surface area contributed by atoms with Crippen LogP contribution in [0.4, 0.5) is 4.79 Å². The van der Waals surface area contributed by atoms with Crippen LogP contribution in [0.3, 0.4) is 0 Å². The van der Waals surface area contributed by atoms with Gasteiger partial charge in [0.05, 0.1) is 6.04 Å². The first-order chi connectivity index (χ1) is 17.4. The smallest absolute Gasteiger partial charge is 0.417 e. The first-order valence-electron chi connectivity index (χ1n) is 11.8. The van der Waals surface area contributed by atoms with Gasteiger partial charge in [0.2, 0.25) is 6.10 Å². The van der Waals surface area contributed by atoms with E-state index in [1.807, 2.05) is 42.5 Å². The quantitative estimate of drug-likeness (QED) is 0.329. The van der Waals surface area contributed by atoms with Gasteiger partial charge in [-0.2, -0.15) is 0 Å². The molecule has 2 N–H and O–H groups in total. The zero-order valence-corrected chi connectivity index (χ0v) is 20.1. The zero-order chi connectivity index (χ0) is 25.7. The fraction of sp³-hybridized carbons (Fsp3) is 0.286. The number of carbonyl (C=O) groups is 2. The molecule has 1 aliphatic heterocycles. The number of aliphatic hydroxyl groups excluding tert-OH is 1. The molecule has 0 aromatic heterocycles. The third-order valence-corrected chi connectivity index (χ3v) is 6.18. The molecule has 36 heavy (non-hydrogen) atoms. The summed E-state index contributed by atoms with van der Waals surface area (Å²) < 4.78 is 11.2. The van der Waals surface area contributed by atoms with E-state index in [1.54, 1.807) is 12.1 Å². The highest BCUT2D eigenvalue weighted by atomic mass is 17.1. The Morgan fingerprint density at radius 3 is 2.19 bits per heavy atom. The van der Waals surface area contributed by atoms with Gasteiger partial charge in [-0.1, -0.05) is 68.4 Å². The van der Waals surface area contributed by atoms with Crippen molar-refractivity contribution in [3.63, 3.8) is 0 Å². The number of carbonyl (C=O) groups excluding carboxylic acids is 2. The first kappa shape index (κ1) is 25.2. The predicted octanol–water partition coefficient (Wildman–Crippen LogP) is 4.73. The van der Waals surface area contributed by atoms with Gasteiger partial charge in [-0.3, -0.25) is 4.79 Å². The summed E-state index contributed by atoms with van der Waals surface area (Å²) in [4.78, 5) is 31.6. The number of nitrogens with zero attached hydrogens (tertiary/aromatic N) is 1. The molecule has 0 bridgehead atoms.